The van der Waals surface area contributed by atoms with Gasteiger partial charge in [0.05, 0.1) is 0 Å². The van der Waals surface area contributed by atoms with Gasteiger partial charge < -0.3 is 15.0 Å². The minimum atomic E-state index is 0.122. The molecule has 3 fully saturated rings. The Labute approximate surface area is 164 Å². The molecule has 6 nitrogen and oxygen atoms in total. The zero-order valence-electron chi connectivity index (χ0n) is 17.1. The van der Waals surface area contributed by atoms with Crippen molar-refractivity contribution >= 4 is 11.8 Å². The van der Waals surface area contributed by atoms with Gasteiger partial charge in [-0.1, -0.05) is 0 Å². The summed E-state index contributed by atoms with van der Waals surface area (Å²) < 4.78 is 5.01. The Hall–Kier alpha value is -1.14. The fourth-order valence-corrected chi connectivity index (χ4v) is 5.73. The zero-order chi connectivity index (χ0) is 19.2. The normalized spacial score (nSPS) is 30.7. The first-order valence-electron chi connectivity index (χ1n) is 10.9. The summed E-state index contributed by atoms with van der Waals surface area (Å²) in [6.07, 6.45) is 8.23. The van der Waals surface area contributed by atoms with Crippen molar-refractivity contribution in [3.05, 3.63) is 0 Å². The van der Waals surface area contributed by atoms with Crippen LogP contribution >= 0.6 is 0 Å². The van der Waals surface area contributed by atoms with Gasteiger partial charge >= 0.3 is 0 Å². The predicted octanol–water partition coefficient (Wildman–Crippen LogP) is 2.03. The number of nitrogens with one attached hydrogen (secondary N) is 1. The van der Waals surface area contributed by atoms with E-state index in [1.807, 2.05) is 0 Å². The van der Waals surface area contributed by atoms with Gasteiger partial charge in [-0.3, -0.25) is 14.5 Å². The first-order valence-corrected chi connectivity index (χ1v) is 10.9. The van der Waals surface area contributed by atoms with Crippen LogP contribution in [0.4, 0.5) is 0 Å². The highest BCUT2D eigenvalue weighted by atomic mass is 16.5. The van der Waals surface area contributed by atoms with Crippen LogP contribution in [-0.4, -0.2) is 73.6 Å². The van der Waals surface area contributed by atoms with Crippen LogP contribution < -0.4 is 5.32 Å². The van der Waals surface area contributed by atoms with Crippen molar-refractivity contribution in [3.8, 4) is 0 Å². The molecule has 154 valence electrons. The average Bonchev–Trinajstić information content (AvgIpc) is 2.67. The summed E-state index contributed by atoms with van der Waals surface area (Å²) in [6.45, 7) is 6.45. The molecular weight excluding hydrogens is 342 g/mol. The lowest BCUT2D eigenvalue weighted by molar-refractivity contribution is -0.144. The lowest BCUT2D eigenvalue weighted by atomic mass is 9.69. The number of rotatable bonds is 8. The van der Waals surface area contributed by atoms with Gasteiger partial charge in [-0.15, -0.1) is 0 Å². The maximum Gasteiger partial charge on any atom is 0.219 e. The van der Waals surface area contributed by atoms with Crippen LogP contribution in [0.5, 0.6) is 0 Å². The summed E-state index contributed by atoms with van der Waals surface area (Å²) >= 11 is 0. The zero-order valence-corrected chi connectivity index (χ0v) is 17.1. The van der Waals surface area contributed by atoms with Crippen LogP contribution in [0.3, 0.4) is 0 Å². The van der Waals surface area contributed by atoms with Gasteiger partial charge in [-0.25, -0.2) is 0 Å². The van der Waals surface area contributed by atoms with E-state index in [1.54, 1.807) is 14.0 Å². The van der Waals surface area contributed by atoms with Crippen molar-refractivity contribution in [3.63, 3.8) is 0 Å². The fraction of sp³-hybridized carbons (Fsp3) is 0.905. The molecule has 2 amide bonds. The topological polar surface area (TPSA) is 61.9 Å². The quantitative estimate of drug-likeness (QED) is 0.656. The maximum atomic E-state index is 12.4. The number of carbonyl (C=O) groups excluding carboxylic acids is 2. The largest absolute Gasteiger partial charge is 0.385 e. The third-order valence-electron chi connectivity index (χ3n) is 6.83. The van der Waals surface area contributed by atoms with E-state index in [4.69, 9.17) is 4.74 Å². The lowest BCUT2D eigenvalue weighted by Gasteiger charge is -2.57. The number of amides is 2. The summed E-state index contributed by atoms with van der Waals surface area (Å²) in [6, 6.07) is 0.974. The molecule has 0 radical (unpaired) electrons. The van der Waals surface area contributed by atoms with Crippen LogP contribution in [0, 0.1) is 11.8 Å². The Morgan fingerprint density at radius 1 is 1.15 bits per heavy atom. The third-order valence-corrected chi connectivity index (χ3v) is 6.83. The van der Waals surface area contributed by atoms with Crippen molar-refractivity contribution in [2.75, 3.05) is 39.9 Å². The van der Waals surface area contributed by atoms with E-state index >= 15 is 0 Å². The van der Waals surface area contributed by atoms with Gasteiger partial charge in [0.25, 0.3) is 0 Å². The number of piperidine rings is 3. The number of carbonyl (C=O) groups is 2. The van der Waals surface area contributed by atoms with Gasteiger partial charge in [-0.05, 0) is 69.9 Å². The minimum Gasteiger partial charge on any atom is -0.385 e. The second-order valence-corrected chi connectivity index (χ2v) is 8.56. The highest BCUT2D eigenvalue weighted by Crippen LogP contribution is 2.43. The van der Waals surface area contributed by atoms with Gasteiger partial charge in [0.15, 0.2) is 0 Å². The predicted molar refractivity (Wildman–Crippen MR) is 105 cm³/mol. The third kappa shape index (κ3) is 5.02. The van der Waals surface area contributed by atoms with Crippen LogP contribution in [0.1, 0.15) is 58.3 Å². The molecule has 3 aliphatic rings. The minimum absolute atomic E-state index is 0.122. The molecule has 0 aromatic rings. The highest BCUT2D eigenvalue weighted by Gasteiger charge is 2.48. The molecule has 3 heterocycles. The Morgan fingerprint density at radius 3 is 2.67 bits per heavy atom. The van der Waals surface area contributed by atoms with Crippen LogP contribution in [0.15, 0.2) is 0 Å². The molecule has 4 atom stereocenters. The lowest BCUT2D eigenvalue weighted by Crippen LogP contribution is -2.65. The standard InChI is InChI=1S/C21H37N3O3/c1-16(25)24-15-17-7-4-12-23-13-5-8-18(21(17)23)19(24)9-3-10-20(26)22-11-6-14-27-2/h17-19,21H,3-15H2,1-2H3,(H,22,26)/t17-,18+,19+,21-/m0/s1. The Morgan fingerprint density at radius 2 is 1.93 bits per heavy atom. The summed E-state index contributed by atoms with van der Waals surface area (Å²) in [5, 5.41) is 2.97. The smallest absolute Gasteiger partial charge is 0.219 e. The molecule has 3 rings (SSSR count). The second kappa shape index (κ2) is 9.87. The molecule has 3 saturated heterocycles. The average molecular weight is 380 g/mol. The molecule has 0 saturated carbocycles. The summed E-state index contributed by atoms with van der Waals surface area (Å²) in [5.41, 5.74) is 0. The maximum absolute atomic E-state index is 12.4. The Balaban J connectivity index is 1.55. The number of likely N-dealkylation sites (tertiary alicyclic amines) is 1. The summed E-state index contributed by atoms with van der Waals surface area (Å²) in [4.78, 5) is 29.3. The van der Waals surface area contributed by atoms with Crippen molar-refractivity contribution in [1.82, 2.24) is 15.1 Å². The van der Waals surface area contributed by atoms with E-state index in [9.17, 15) is 9.59 Å². The van der Waals surface area contributed by atoms with Crippen molar-refractivity contribution in [2.24, 2.45) is 11.8 Å². The first-order chi connectivity index (χ1) is 13.1. The van der Waals surface area contributed by atoms with Crippen LogP contribution in [0.25, 0.3) is 0 Å². The van der Waals surface area contributed by atoms with E-state index in [0.717, 1.165) is 25.8 Å². The number of hydrogen-bond acceptors (Lipinski definition) is 4. The number of nitrogens with zero attached hydrogens (tertiary/aromatic N) is 2. The van der Waals surface area contributed by atoms with E-state index in [2.05, 4.69) is 15.1 Å². The van der Waals surface area contributed by atoms with Crippen LogP contribution in [-0.2, 0) is 14.3 Å². The van der Waals surface area contributed by atoms with Gasteiger partial charge in [0.2, 0.25) is 11.8 Å². The molecule has 27 heavy (non-hydrogen) atoms. The molecule has 1 N–H and O–H groups in total. The van der Waals surface area contributed by atoms with E-state index in [-0.39, 0.29) is 11.8 Å². The number of hydrogen-bond donors (Lipinski definition) is 1. The Kier molecular flexibility index (Phi) is 7.53. The van der Waals surface area contributed by atoms with Crippen molar-refractivity contribution < 1.29 is 14.3 Å². The molecule has 0 bridgehead atoms. The Bertz CT molecular complexity index is 511. The molecule has 0 spiro atoms. The van der Waals surface area contributed by atoms with Crippen molar-refractivity contribution in [2.45, 2.75) is 70.4 Å². The number of ether oxygens (including phenoxy) is 1. The van der Waals surface area contributed by atoms with E-state index in [1.165, 1.54) is 38.8 Å². The monoisotopic (exact) mass is 379 g/mol. The molecule has 0 unspecified atom stereocenters. The summed E-state index contributed by atoms with van der Waals surface area (Å²) in [5.74, 6) is 1.57. The molecule has 0 aromatic heterocycles. The van der Waals surface area contributed by atoms with E-state index in [0.29, 0.717) is 43.5 Å². The summed E-state index contributed by atoms with van der Waals surface area (Å²) in [7, 11) is 1.68. The van der Waals surface area contributed by atoms with Gasteiger partial charge in [0, 0.05) is 52.2 Å². The molecular formula is C21H37N3O3. The molecule has 0 aromatic carbocycles. The van der Waals surface area contributed by atoms with Gasteiger partial charge in [-0.2, -0.15) is 0 Å². The van der Waals surface area contributed by atoms with Crippen LogP contribution in [0.2, 0.25) is 0 Å². The van der Waals surface area contributed by atoms with E-state index < -0.39 is 0 Å². The number of methoxy groups -OCH3 is 1. The highest BCUT2D eigenvalue weighted by molar-refractivity contribution is 5.76. The molecule has 0 aliphatic carbocycles. The second-order valence-electron chi connectivity index (χ2n) is 8.56. The van der Waals surface area contributed by atoms with Crippen molar-refractivity contribution in [1.29, 1.82) is 0 Å². The first kappa shape index (κ1) is 20.6. The fourth-order valence-electron chi connectivity index (χ4n) is 5.73. The SMILES string of the molecule is COCCCNC(=O)CCC[C@@H]1[C@H]2CCCN3CCC[C@@H](CN1C(C)=O)[C@@H]23. The molecule has 6 heteroatoms. The molecule has 3 aliphatic heterocycles. The van der Waals surface area contributed by atoms with Gasteiger partial charge in [0.1, 0.15) is 0 Å².